The number of carbonyl (C=O) groups is 1. The molecule has 2 rings (SSSR count). The summed E-state index contributed by atoms with van der Waals surface area (Å²) in [5.74, 6) is -0.0861. The molecule has 0 amide bonds. The summed E-state index contributed by atoms with van der Waals surface area (Å²) in [6.45, 7) is 2.40. The van der Waals surface area contributed by atoms with Crippen molar-refractivity contribution in [3.63, 3.8) is 0 Å². The first-order valence-electron chi connectivity index (χ1n) is 6.44. The van der Waals surface area contributed by atoms with Gasteiger partial charge in [-0.25, -0.2) is 0 Å². The van der Waals surface area contributed by atoms with E-state index in [1.165, 1.54) is 0 Å². The molecular weight excluding hydrogens is 228 g/mol. The second-order valence-electron chi connectivity index (χ2n) is 4.92. The van der Waals surface area contributed by atoms with Gasteiger partial charge in [-0.3, -0.25) is 4.79 Å². The van der Waals surface area contributed by atoms with Gasteiger partial charge < -0.3 is 9.47 Å². The van der Waals surface area contributed by atoms with Crippen LogP contribution in [0.3, 0.4) is 0 Å². The fourth-order valence-corrected chi connectivity index (χ4v) is 2.07. The maximum Gasteiger partial charge on any atom is 0.316 e. The van der Waals surface area contributed by atoms with Crippen molar-refractivity contribution in [3.8, 4) is 0 Å². The van der Waals surface area contributed by atoms with Crippen LogP contribution in [0.2, 0.25) is 0 Å². The maximum absolute atomic E-state index is 12.1. The highest BCUT2D eigenvalue weighted by Gasteiger charge is 2.52. The molecule has 1 fully saturated rings. The van der Waals surface area contributed by atoms with Gasteiger partial charge in [-0.1, -0.05) is 30.3 Å². The lowest BCUT2D eigenvalue weighted by Gasteiger charge is -2.16. The first-order chi connectivity index (χ1) is 8.69. The minimum atomic E-state index is -0.364. The Morgan fingerprint density at radius 1 is 1.33 bits per heavy atom. The molecule has 0 spiro atoms. The Balaban J connectivity index is 1.90. The number of benzene rings is 1. The number of hydrogen-bond acceptors (Lipinski definition) is 3. The number of esters is 1. The van der Waals surface area contributed by atoms with Crippen molar-refractivity contribution in [1.29, 1.82) is 0 Å². The van der Waals surface area contributed by atoms with Crippen LogP contribution >= 0.6 is 0 Å². The van der Waals surface area contributed by atoms with Gasteiger partial charge in [-0.15, -0.1) is 0 Å². The molecular formula is C15H20O3. The minimum absolute atomic E-state index is 0.0861. The molecule has 1 unspecified atom stereocenters. The number of ether oxygens (including phenoxy) is 2. The molecule has 3 nitrogen and oxygen atoms in total. The molecule has 0 saturated heterocycles. The summed E-state index contributed by atoms with van der Waals surface area (Å²) < 4.78 is 10.5. The predicted molar refractivity (Wildman–Crippen MR) is 69.4 cm³/mol. The predicted octanol–water partition coefficient (Wildman–Crippen LogP) is 2.69. The average Bonchev–Trinajstić information content (AvgIpc) is 3.21. The average molecular weight is 248 g/mol. The van der Waals surface area contributed by atoms with E-state index in [-0.39, 0.29) is 17.5 Å². The lowest BCUT2D eigenvalue weighted by molar-refractivity contribution is -0.147. The van der Waals surface area contributed by atoms with E-state index in [1.807, 2.05) is 37.3 Å². The van der Waals surface area contributed by atoms with Crippen molar-refractivity contribution in [3.05, 3.63) is 35.9 Å². The Kier molecular flexibility index (Phi) is 4.02. The topological polar surface area (TPSA) is 35.5 Å². The van der Waals surface area contributed by atoms with E-state index in [0.717, 1.165) is 24.8 Å². The van der Waals surface area contributed by atoms with Crippen LogP contribution in [0, 0.1) is 0 Å². The quantitative estimate of drug-likeness (QED) is 0.726. The molecule has 1 aliphatic carbocycles. The lowest BCUT2D eigenvalue weighted by atomic mass is 9.96. The fraction of sp³-hybridized carbons (Fsp3) is 0.533. The zero-order chi connectivity index (χ0) is 13.0. The lowest BCUT2D eigenvalue weighted by Crippen LogP contribution is -2.24. The van der Waals surface area contributed by atoms with Gasteiger partial charge in [0.05, 0.1) is 18.1 Å². The summed E-state index contributed by atoms with van der Waals surface area (Å²) in [4.78, 5) is 12.1. The van der Waals surface area contributed by atoms with Gasteiger partial charge in [0, 0.05) is 13.5 Å². The van der Waals surface area contributed by atoms with E-state index in [1.54, 1.807) is 7.11 Å². The van der Waals surface area contributed by atoms with Gasteiger partial charge in [-0.05, 0) is 25.3 Å². The molecule has 0 heterocycles. The molecule has 1 atom stereocenters. The number of methoxy groups -OCH3 is 1. The van der Waals surface area contributed by atoms with Crippen molar-refractivity contribution in [2.75, 3.05) is 13.7 Å². The van der Waals surface area contributed by atoms with Crippen molar-refractivity contribution >= 4 is 5.97 Å². The summed E-state index contributed by atoms with van der Waals surface area (Å²) in [5, 5.41) is 0. The summed E-state index contributed by atoms with van der Waals surface area (Å²) in [7, 11) is 1.67. The third-order valence-corrected chi connectivity index (χ3v) is 3.63. The summed E-state index contributed by atoms with van der Waals surface area (Å²) in [5.41, 5.74) is 0.715. The van der Waals surface area contributed by atoms with E-state index in [4.69, 9.17) is 9.47 Å². The van der Waals surface area contributed by atoms with Crippen LogP contribution in [0.4, 0.5) is 0 Å². The van der Waals surface area contributed by atoms with Crippen LogP contribution in [0.25, 0.3) is 0 Å². The van der Waals surface area contributed by atoms with Crippen LogP contribution in [-0.4, -0.2) is 25.8 Å². The molecule has 0 aliphatic heterocycles. The Morgan fingerprint density at radius 2 is 2.00 bits per heavy atom. The van der Waals surface area contributed by atoms with E-state index >= 15 is 0 Å². The Morgan fingerprint density at radius 3 is 2.56 bits per heavy atom. The van der Waals surface area contributed by atoms with Crippen LogP contribution in [-0.2, 0) is 19.7 Å². The first kappa shape index (κ1) is 13.1. The van der Waals surface area contributed by atoms with E-state index in [0.29, 0.717) is 6.61 Å². The largest absolute Gasteiger partial charge is 0.465 e. The Bertz CT molecular complexity index is 395. The molecule has 98 valence electrons. The SMILES string of the molecule is COC(C)CCOC(=O)C1(c2ccccc2)CC1. The van der Waals surface area contributed by atoms with Gasteiger partial charge >= 0.3 is 5.97 Å². The third kappa shape index (κ3) is 2.72. The second-order valence-corrected chi connectivity index (χ2v) is 4.92. The van der Waals surface area contributed by atoms with Gasteiger partial charge in [-0.2, -0.15) is 0 Å². The van der Waals surface area contributed by atoms with Gasteiger partial charge in [0.25, 0.3) is 0 Å². The Labute approximate surface area is 108 Å². The van der Waals surface area contributed by atoms with Crippen LogP contribution < -0.4 is 0 Å². The highest BCUT2D eigenvalue weighted by molar-refractivity contribution is 5.86. The highest BCUT2D eigenvalue weighted by atomic mass is 16.5. The summed E-state index contributed by atoms with van der Waals surface area (Å²) in [6.07, 6.45) is 2.67. The molecule has 1 aromatic carbocycles. The molecule has 0 bridgehead atoms. The molecule has 1 saturated carbocycles. The zero-order valence-corrected chi connectivity index (χ0v) is 11.0. The zero-order valence-electron chi connectivity index (χ0n) is 11.0. The van der Waals surface area contributed by atoms with Gasteiger partial charge in [0.2, 0.25) is 0 Å². The summed E-state index contributed by atoms with van der Waals surface area (Å²) >= 11 is 0. The van der Waals surface area contributed by atoms with Crippen molar-refractivity contribution in [2.45, 2.75) is 37.7 Å². The maximum atomic E-state index is 12.1. The van der Waals surface area contributed by atoms with Crippen LogP contribution in [0.15, 0.2) is 30.3 Å². The standard InChI is InChI=1S/C15H20O3/c1-12(17-2)8-11-18-14(16)15(9-10-15)13-6-4-3-5-7-13/h3-7,12H,8-11H2,1-2H3. The van der Waals surface area contributed by atoms with E-state index < -0.39 is 0 Å². The van der Waals surface area contributed by atoms with Crippen LogP contribution in [0.1, 0.15) is 31.7 Å². The molecule has 3 heteroatoms. The summed E-state index contributed by atoms with van der Waals surface area (Å²) in [6, 6.07) is 9.91. The number of carbonyl (C=O) groups excluding carboxylic acids is 1. The fourth-order valence-electron chi connectivity index (χ4n) is 2.07. The number of rotatable bonds is 6. The molecule has 0 N–H and O–H groups in total. The van der Waals surface area contributed by atoms with Crippen molar-refractivity contribution in [1.82, 2.24) is 0 Å². The monoisotopic (exact) mass is 248 g/mol. The normalized spacial score (nSPS) is 18.1. The van der Waals surface area contributed by atoms with Crippen molar-refractivity contribution < 1.29 is 14.3 Å². The highest BCUT2D eigenvalue weighted by Crippen LogP contribution is 2.49. The minimum Gasteiger partial charge on any atom is -0.465 e. The first-order valence-corrected chi connectivity index (χ1v) is 6.44. The molecule has 1 aliphatic rings. The molecule has 0 radical (unpaired) electrons. The third-order valence-electron chi connectivity index (χ3n) is 3.63. The molecule has 0 aromatic heterocycles. The van der Waals surface area contributed by atoms with Crippen LogP contribution in [0.5, 0.6) is 0 Å². The molecule has 18 heavy (non-hydrogen) atoms. The smallest absolute Gasteiger partial charge is 0.316 e. The Hall–Kier alpha value is -1.35. The second kappa shape index (κ2) is 5.53. The van der Waals surface area contributed by atoms with Gasteiger partial charge in [0.15, 0.2) is 0 Å². The van der Waals surface area contributed by atoms with Crippen molar-refractivity contribution in [2.24, 2.45) is 0 Å². The van der Waals surface area contributed by atoms with E-state index in [2.05, 4.69) is 0 Å². The molecule has 1 aromatic rings. The number of hydrogen-bond donors (Lipinski definition) is 0. The van der Waals surface area contributed by atoms with Gasteiger partial charge in [0.1, 0.15) is 0 Å². The van der Waals surface area contributed by atoms with E-state index in [9.17, 15) is 4.79 Å².